The molecule has 0 radical (unpaired) electrons. The highest BCUT2D eigenvalue weighted by atomic mass is 79.9. The molecular formula is C12H17BrN6O. The summed E-state index contributed by atoms with van der Waals surface area (Å²) in [6, 6.07) is 3.56. The SMILES string of the molecule is CCCNC(c1ccc(OC)nn1)c1c(Br)nnn1C. The van der Waals surface area contributed by atoms with Crippen LogP contribution in [0.2, 0.25) is 0 Å². The summed E-state index contributed by atoms with van der Waals surface area (Å²) in [5.74, 6) is 0.491. The number of aryl methyl sites for hydroxylation is 1. The van der Waals surface area contributed by atoms with Gasteiger partial charge in [0.2, 0.25) is 5.88 Å². The molecular weight excluding hydrogens is 324 g/mol. The summed E-state index contributed by atoms with van der Waals surface area (Å²) in [5.41, 5.74) is 1.71. The van der Waals surface area contributed by atoms with E-state index in [4.69, 9.17) is 4.74 Å². The van der Waals surface area contributed by atoms with Crippen molar-refractivity contribution in [1.82, 2.24) is 30.5 Å². The molecule has 1 N–H and O–H groups in total. The van der Waals surface area contributed by atoms with Crippen LogP contribution in [-0.4, -0.2) is 38.8 Å². The van der Waals surface area contributed by atoms with E-state index in [1.165, 1.54) is 0 Å². The largest absolute Gasteiger partial charge is 0.480 e. The number of halogens is 1. The maximum absolute atomic E-state index is 5.04. The summed E-state index contributed by atoms with van der Waals surface area (Å²) in [4.78, 5) is 0. The molecule has 0 aliphatic carbocycles. The Balaban J connectivity index is 2.36. The van der Waals surface area contributed by atoms with E-state index < -0.39 is 0 Å². The first-order chi connectivity index (χ1) is 9.67. The molecule has 0 amide bonds. The van der Waals surface area contributed by atoms with Gasteiger partial charge in [-0.2, -0.15) is 0 Å². The third-order valence-corrected chi connectivity index (χ3v) is 3.43. The van der Waals surface area contributed by atoms with Crippen molar-refractivity contribution < 1.29 is 4.74 Å². The summed E-state index contributed by atoms with van der Waals surface area (Å²) < 4.78 is 7.46. The van der Waals surface area contributed by atoms with E-state index in [1.54, 1.807) is 17.9 Å². The van der Waals surface area contributed by atoms with Gasteiger partial charge >= 0.3 is 0 Å². The maximum Gasteiger partial charge on any atom is 0.233 e. The van der Waals surface area contributed by atoms with Gasteiger partial charge in [-0.05, 0) is 35.0 Å². The molecule has 0 saturated heterocycles. The molecule has 2 aromatic heterocycles. The first kappa shape index (κ1) is 14.9. The Kier molecular flexibility index (Phi) is 5.02. The molecule has 7 nitrogen and oxygen atoms in total. The zero-order chi connectivity index (χ0) is 14.5. The minimum atomic E-state index is -0.122. The van der Waals surface area contributed by atoms with Gasteiger partial charge in [-0.3, -0.25) is 0 Å². The molecule has 1 atom stereocenters. The van der Waals surface area contributed by atoms with Gasteiger partial charge in [0.05, 0.1) is 24.5 Å². The zero-order valence-electron chi connectivity index (χ0n) is 11.7. The van der Waals surface area contributed by atoms with Gasteiger partial charge in [-0.1, -0.05) is 12.1 Å². The molecule has 20 heavy (non-hydrogen) atoms. The Bertz CT molecular complexity index is 536. The van der Waals surface area contributed by atoms with Gasteiger partial charge in [0.15, 0.2) is 4.60 Å². The van der Waals surface area contributed by atoms with Crippen molar-refractivity contribution in [2.45, 2.75) is 19.4 Å². The number of methoxy groups -OCH3 is 1. The molecule has 2 aromatic rings. The summed E-state index contributed by atoms with van der Waals surface area (Å²) >= 11 is 3.43. The Morgan fingerprint density at radius 2 is 2.15 bits per heavy atom. The van der Waals surface area contributed by atoms with E-state index in [1.807, 2.05) is 13.1 Å². The molecule has 0 bridgehead atoms. The van der Waals surface area contributed by atoms with Gasteiger partial charge in [0.1, 0.15) is 0 Å². The van der Waals surface area contributed by atoms with Crippen LogP contribution >= 0.6 is 15.9 Å². The van der Waals surface area contributed by atoms with E-state index in [0.29, 0.717) is 10.5 Å². The standard InChI is InChI=1S/C12H17BrN6O/c1-4-7-14-10(11-12(13)17-18-19(11)2)8-5-6-9(20-3)16-15-8/h5-6,10,14H,4,7H2,1-3H3. The van der Waals surface area contributed by atoms with Crippen molar-refractivity contribution in [3.05, 3.63) is 28.1 Å². The van der Waals surface area contributed by atoms with Crippen molar-refractivity contribution >= 4 is 15.9 Å². The van der Waals surface area contributed by atoms with Crippen LogP contribution in [-0.2, 0) is 7.05 Å². The lowest BCUT2D eigenvalue weighted by Gasteiger charge is -2.17. The average Bonchev–Trinajstić information content (AvgIpc) is 2.80. The number of hydrogen-bond donors (Lipinski definition) is 1. The average molecular weight is 341 g/mol. The Morgan fingerprint density at radius 3 is 2.65 bits per heavy atom. The van der Waals surface area contributed by atoms with Gasteiger partial charge in [0.25, 0.3) is 0 Å². The van der Waals surface area contributed by atoms with Gasteiger partial charge in [0, 0.05) is 13.1 Å². The van der Waals surface area contributed by atoms with Crippen LogP contribution in [0.1, 0.15) is 30.8 Å². The Labute approximate surface area is 125 Å². The lowest BCUT2D eigenvalue weighted by Crippen LogP contribution is -2.26. The molecule has 2 heterocycles. The highest BCUT2D eigenvalue weighted by Crippen LogP contribution is 2.25. The van der Waals surface area contributed by atoms with E-state index in [9.17, 15) is 0 Å². The number of nitrogens with zero attached hydrogens (tertiary/aromatic N) is 5. The minimum Gasteiger partial charge on any atom is -0.480 e. The minimum absolute atomic E-state index is 0.122. The van der Waals surface area contributed by atoms with Crippen molar-refractivity contribution in [3.8, 4) is 5.88 Å². The van der Waals surface area contributed by atoms with E-state index in [0.717, 1.165) is 24.4 Å². The number of nitrogens with one attached hydrogen (secondary N) is 1. The summed E-state index contributed by atoms with van der Waals surface area (Å²) in [5, 5.41) is 19.7. The van der Waals surface area contributed by atoms with Crippen LogP contribution < -0.4 is 10.1 Å². The highest BCUT2D eigenvalue weighted by Gasteiger charge is 2.23. The summed E-state index contributed by atoms with van der Waals surface area (Å²) in [6.45, 7) is 2.97. The topological polar surface area (TPSA) is 77.8 Å². The fraction of sp³-hybridized carbons (Fsp3) is 0.500. The van der Waals surface area contributed by atoms with Crippen LogP contribution in [0.25, 0.3) is 0 Å². The smallest absolute Gasteiger partial charge is 0.233 e. The number of aromatic nitrogens is 5. The fourth-order valence-corrected chi connectivity index (χ4v) is 2.42. The molecule has 0 spiro atoms. The predicted molar refractivity (Wildman–Crippen MR) is 77.4 cm³/mol. The van der Waals surface area contributed by atoms with E-state index in [-0.39, 0.29) is 6.04 Å². The number of rotatable bonds is 6. The third kappa shape index (κ3) is 3.13. The molecule has 1 unspecified atom stereocenters. The van der Waals surface area contributed by atoms with Crippen molar-refractivity contribution in [3.63, 3.8) is 0 Å². The van der Waals surface area contributed by atoms with Gasteiger partial charge in [-0.25, -0.2) is 4.68 Å². The van der Waals surface area contributed by atoms with Crippen LogP contribution in [0.3, 0.4) is 0 Å². The fourth-order valence-electron chi connectivity index (χ4n) is 1.87. The predicted octanol–water partition coefficient (Wildman–Crippen LogP) is 1.47. The van der Waals surface area contributed by atoms with Crippen molar-refractivity contribution in [1.29, 1.82) is 0 Å². The molecule has 0 fully saturated rings. The highest BCUT2D eigenvalue weighted by molar-refractivity contribution is 9.10. The second-order valence-electron chi connectivity index (χ2n) is 4.28. The quantitative estimate of drug-likeness (QED) is 0.857. The van der Waals surface area contributed by atoms with Crippen LogP contribution in [0, 0.1) is 0 Å². The third-order valence-electron chi connectivity index (χ3n) is 2.86. The number of ether oxygens (including phenoxy) is 1. The normalized spacial score (nSPS) is 12.4. The lowest BCUT2D eigenvalue weighted by atomic mass is 10.1. The lowest BCUT2D eigenvalue weighted by molar-refractivity contribution is 0.389. The van der Waals surface area contributed by atoms with Crippen LogP contribution in [0.4, 0.5) is 0 Å². The molecule has 0 saturated carbocycles. The van der Waals surface area contributed by atoms with E-state index in [2.05, 4.69) is 48.7 Å². The molecule has 108 valence electrons. The van der Waals surface area contributed by atoms with Crippen molar-refractivity contribution in [2.75, 3.05) is 13.7 Å². The Morgan fingerprint density at radius 1 is 1.35 bits per heavy atom. The van der Waals surface area contributed by atoms with Gasteiger partial charge < -0.3 is 10.1 Å². The van der Waals surface area contributed by atoms with Crippen LogP contribution in [0.15, 0.2) is 16.7 Å². The monoisotopic (exact) mass is 340 g/mol. The molecule has 2 rings (SSSR count). The first-order valence-electron chi connectivity index (χ1n) is 6.33. The van der Waals surface area contributed by atoms with Crippen LogP contribution in [0.5, 0.6) is 5.88 Å². The summed E-state index contributed by atoms with van der Waals surface area (Å²) in [7, 11) is 3.42. The number of hydrogen-bond acceptors (Lipinski definition) is 6. The second-order valence-corrected chi connectivity index (χ2v) is 5.03. The molecule has 0 aliphatic heterocycles. The van der Waals surface area contributed by atoms with Gasteiger partial charge in [-0.15, -0.1) is 15.3 Å². The molecule has 0 aromatic carbocycles. The zero-order valence-corrected chi connectivity index (χ0v) is 13.3. The summed E-state index contributed by atoms with van der Waals surface area (Å²) in [6.07, 6.45) is 1.02. The Hall–Kier alpha value is -1.54. The molecule has 0 aliphatic rings. The van der Waals surface area contributed by atoms with E-state index >= 15 is 0 Å². The second kappa shape index (κ2) is 6.76. The molecule has 8 heteroatoms. The van der Waals surface area contributed by atoms with Crippen molar-refractivity contribution in [2.24, 2.45) is 7.05 Å². The maximum atomic E-state index is 5.04. The first-order valence-corrected chi connectivity index (χ1v) is 7.12.